The van der Waals surface area contributed by atoms with E-state index >= 15 is 0 Å². The molecule has 5 rings (SSSR count). The van der Waals surface area contributed by atoms with Gasteiger partial charge >= 0.3 is 0 Å². The number of benzene rings is 2. The zero-order chi connectivity index (χ0) is 20.3. The number of fused-ring (bicyclic) bond motifs is 3. The first-order valence-corrected chi connectivity index (χ1v) is 10.9. The minimum absolute atomic E-state index is 0.235. The Hall–Kier alpha value is -2.69. The molecule has 0 aliphatic carbocycles. The molecule has 3 heterocycles. The van der Waals surface area contributed by atoms with Crippen molar-refractivity contribution in [3.8, 4) is 17.0 Å². The molecule has 154 valence electrons. The van der Waals surface area contributed by atoms with Crippen LogP contribution in [0.15, 0.2) is 60.7 Å². The molecule has 0 bridgehead atoms. The predicted octanol–water partition coefficient (Wildman–Crippen LogP) is 4.65. The Kier molecular flexibility index (Phi) is 5.52. The topological polar surface area (TPSA) is 34.6 Å². The molecule has 1 unspecified atom stereocenters. The molecule has 0 saturated heterocycles. The van der Waals surface area contributed by atoms with Gasteiger partial charge in [0.15, 0.2) is 0 Å². The van der Waals surface area contributed by atoms with Crippen LogP contribution in [0.4, 0.5) is 0 Å². The fourth-order valence-corrected chi connectivity index (χ4v) is 4.53. The van der Waals surface area contributed by atoms with E-state index in [4.69, 9.17) is 14.5 Å². The zero-order valence-corrected chi connectivity index (χ0v) is 17.5. The first kappa shape index (κ1) is 19.3. The number of hydrogen-bond donors (Lipinski definition) is 0. The van der Waals surface area contributed by atoms with Gasteiger partial charge in [0.1, 0.15) is 12.4 Å². The highest BCUT2D eigenvalue weighted by Gasteiger charge is 2.28. The minimum atomic E-state index is 0.235. The molecule has 0 N–H and O–H groups in total. The lowest BCUT2D eigenvalue weighted by atomic mass is 9.88. The second-order valence-electron chi connectivity index (χ2n) is 8.22. The SMILES string of the molecule is CC1Cc2c(-c3ccccc3)nc3c(c2CO1)CN(CCOc1ccccc1)CC3. The van der Waals surface area contributed by atoms with Crippen LogP contribution in [-0.2, 0) is 30.7 Å². The lowest BCUT2D eigenvalue weighted by Crippen LogP contribution is -2.36. The summed E-state index contributed by atoms with van der Waals surface area (Å²) in [6.45, 7) is 6.41. The van der Waals surface area contributed by atoms with Crippen molar-refractivity contribution in [1.82, 2.24) is 9.88 Å². The van der Waals surface area contributed by atoms with E-state index in [1.54, 1.807) is 0 Å². The molecule has 0 spiro atoms. The van der Waals surface area contributed by atoms with Gasteiger partial charge in [-0.25, -0.2) is 0 Å². The second-order valence-corrected chi connectivity index (χ2v) is 8.22. The Labute approximate surface area is 178 Å². The largest absolute Gasteiger partial charge is 0.492 e. The molecular weight excluding hydrogens is 372 g/mol. The molecule has 1 aromatic heterocycles. The summed E-state index contributed by atoms with van der Waals surface area (Å²) in [6.07, 6.45) is 2.14. The van der Waals surface area contributed by atoms with Gasteiger partial charge in [-0.05, 0) is 35.7 Å². The number of hydrogen-bond acceptors (Lipinski definition) is 4. The number of pyridine rings is 1. The number of para-hydroxylation sites is 1. The highest BCUT2D eigenvalue weighted by Crippen LogP contribution is 2.35. The van der Waals surface area contributed by atoms with Gasteiger partial charge in [0, 0.05) is 43.7 Å². The summed E-state index contributed by atoms with van der Waals surface area (Å²) in [5.74, 6) is 0.934. The van der Waals surface area contributed by atoms with E-state index in [-0.39, 0.29) is 6.10 Å². The predicted molar refractivity (Wildman–Crippen MR) is 119 cm³/mol. The van der Waals surface area contributed by atoms with Crippen LogP contribution in [-0.4, -0.2) is 35.7 Å². The van der Waals surface area contributed by atoms with Crippen molar-refractivity contribution >= 4 is 0 Å². The Morgan fingerprint density at radius 1 is 1.00 bits per heavy atom. The minimum Gasteiger partial charge on any atom is -0.492 e. The van der Waals surface area contributed by atoms with E-state index in [0.717, 1.165) is 43.9 Å². The summed E-state index contributed by atoms with van der Waals surface area (Å²) in [5.41, 5.74) is 7.73. The third-order valence-corrected chi connectivity index (χ3v) is 6.13. The average molecular weight is 401 g/mol. The summed E-state index contributed by atoms with van der Waals surface area (Å²) in [4.78, 5) is 7.66. The van der Waals surface area contributed by atoms with E-state index in [0.29, 0.717) is 13.2 Å². The molecule has 4 heteroatoms. The highest BCUT2D eigenvalue weighted by atomic mass is 16.5. The summed E-state index contributed by atoms with van der Waals surface area (Å²) in [5, 5.41) is 0. The van der Waals surface area contributed by atoms with Gasteiger partial charge in [-0.2, -0.15) is 0 Å². The van der Waals surface area contributed by atoms with Crippen molar-refractivity contribution in [3.05, 3.63) is 83.0 Å². The molecule has 0 saturated carbocycles. The van der Waals surface area contributed by atoms with Crippen molar-refractivity contribution in [2.75, 3.05) is 19.7 Å². The highest BCUT2D eigenvalue weighted by molar-refractivity contribution is 5.66. The maximum absolute atomic E-state index is 6.06. The molecule has 30 heavy (non-hydrogen) atoms. The summed E-state index contributed by atoms with van der Waals surface area (Å²) >= 11 is 0. The molecule has 2 aliphatic rings. The summed E-state index contributed by atoms with van der Waals surface area (Å²) in [7, 11) is 0. The van der Waals surface area contributed by atoms with Crippen molar-refractivity contribution < 1.29 is 9.47 Å². The van der Waals surface area contributed by atoms with E-state index in [1.807, 2.05) is 30.3 Å². The van der Waals surface area contributed by atoms with Crippen LogP contribution in [0.5, 0.6) is 5.75 Å². The van der Waals surface area contributed by atoms with Crippen LogP contribution < -0.4 is 4.74 Å². The third kappa shape index (κ3) is 3.98. The molecule has 0 radical (unpaired) electrons. The van der Waals surface area contributed by atoms with Crippen LogP contribution >= 0.6 is 0 Å². The Morgan fingerprint density at radius 2 is 1.77 bits per heavy atom. The normalized spacial score (nSPS) is 18.5. The number of aromatic nitrogens is 1. The van der Waals surface area contributed by atoms with Crippen LogP contribution in [0.25, 0.3) is 11.3 Å². The second kappa shape index (κ2) is 8.58. The third-order valence-electron chi connectivity index (χ3n) is 6.13. The molecule has 0 fully saturated rings. The summed E-state index contributed by atoms with van der Waals surface area (Å²) < 4.78 is 12.0. The lowest BCUT2D eigenvalue weighted by Gasteiger charge is -2.34. The maximum atomic E-state index is 6.06. The van der Waals surface area contributed by atoms with Crippen LogP contribution in [0.3, 0.4) is 0 Å². The summed E-state index contributed by atoms with van der Waals surface area (Å²) in [6, 6.07) is 20.7. The molecule has 2 aliphatic heterocycles. The van der Waals surface area contributed by atoms with Crippen molar-refractivity contribution in [2.45, 2.75) is 39.0 Å². The van der Waals surface area contributed by atoms with Gasteiger partial charge in [-0.3, -0.25) is 9.88 Å². The van der Waals surface area contributed by atoms with Crippen molar-refractivity contribution in [3.63, 3.8) is 0 Å². The quantitative estimate of drug-likeness (QED) is 0.625. The number of ether oxygens (including phenoxy) is 2. The number of nitrogens with zero attached hydrogens (tertiary/aromatic N) is 2. The fourth-order valence-electron chi connectivity index (χ4n) is 4.53. The monoisotopic (exact) mass is 400 g/mol. The van der Waals surface area contributed by atoms with Gasteiger partial charge in [0.2, 0.25) is 0 Å². The van der Waals surface area contributed by atoms with Crippen molar-refractivity contribution in [2.24, 2.45) is 0 Å². The van der Waals surface area contributed by atoms with Gasteiger partial charge in [0.05, 0.1) is 18.4 Å². The Bertz CT molecular complexity index is 1000. The smallest absolute Gasteiger partial charge is 0.119 e. The van der Waals surface area contributed by atoms with Crippen LogP contribution in [0.1, 0.15) is 29.3 Å². The molecular formula is C26H28N2O2. The number of rotatable bonds is 5. The van der Waals surface area contributed by atoms with Gasteiger partial charge in [-0.1, -0.05) is 48.5 Å². The van der Waals surface area contributed by atoms with Gasteiger partial charge < -0.3 is 9.47 Å². The molecule has 0 amide bonds. The van der Waals surface area contributed by atoms with Crippen LogP contribution in [0, 0.1) is 0 Å². The fraction of sp³-hybridized carbons (Fsp3) is 0.346. The van der Waals surface area contributed by atoms with E-state index in [9.17, 15) is 0 Å². The zero-order valence-electron chi connectivity index (χ0n) is 17.5. The van der Waals surface area contributed by atoms with E-state index in [2.05, 4.69) is 42.2 Å². The first-order chi connectivity index (χ1) is 14.8. The lowest BCUT2D eigenvalue weighted by molar-refractivity contribution is 0.0396. The Morgan fingerprint density at radius 3 is 2.57 bits per heavy atom. The first-order valence-electron chi connectivity index (χ1n) is 10.9. The van der Waals surface area contributed by atoms with E-state index < -0.39 is 0 Å². The van der Waals surface area contributed by atoms with Crippen molar-refractivity contribution in [1.29, 1.82) is 0 Å². The van der Waals surface area contributed by atoms with Gasteiger partial charge in [-0.15, -0.1) is 0 Å². The molecule has 1 atom stereocenters. The standard InChI is InChI=1S/C26H28N2O2/c1-19-16-22-24(18-30-19)23-17-28(14-15-29-21-10-6-3-7-11-21)13-12-25(23)27-26(22)20-8-4-2-5-9-20/h2-11,19H,12-18H2,1H3. The molecule has 2 aromatic carbocycles. The van der Waals surface area contributed by atoms with Gasteiger partial charge in [0.25, 0.3) is 0 Å². The van der Waals surface area contributed by atoms with Crippen LogP contribution in [0.2, 0.25) is 0 Å². The molecule has 4 nitrogen and oxygen atoms in total. The Balaban J connectivity index is 1.38. The maximum Gasteiger partial charge on any atom is 0.119 e. The molecule has 3 aromatic rings. The average Bonchev–Trinajstić information content (AvgIpc) is 2.80. The van der Waals surface area contributed by atoms with E-state index in [1.165, 1.54) is 27.9 Å².